The molecule has 12 nitrogen and oxygen atoms in total. The van der Waals surface area contributed by atoms with E-state index in [4.69, 9.17) is 34.4 Å². The minimum atomic E-state index is -1.80. The summed E-state index contributed by atoms with van der Waals surface area (Å²) in [6, 6.07) is 16.9. The third-order valence-electron chi connectivity index (χ3n) is 7.32. The Morgan fingerprint density at radius 2 is 1.14 bits per heavy atom. The summed E-state index contributed by atoms with van der Waals surface area (Å²) >= 11 is 0. The molecule has 0 fully saturated rings. The molecule has 15 N–H and O–H groups in total. The number of carbonyl (C=O) groups is 3. The van der Waals surface area contributed by atoms with Crippen LogP contribution in [-0.4, -0.2) is 84.3 Å². The molecule has 0 aromatic heterocycles. The van der Waals surface area contributed by atoms with Crippen LogP contribution in [0.3, 0.4) is 0 Å². The van der Waals surface area contributed by atoms with Crippen molar-refractivity contribution in [1.82, 2.24) is 16.0 Å². The van der Waals surface area contributed by atoms with E-state index in [2.05, 4.69) is 16.0 Å². The number of unbranched alkanes of at least 4 members (excludes halogenated alkanes) is 2. The van der Waals surface area contributed by atoms with Crippen LogP contribution in [0.5, 0.6) is 0 Å². The van der Waals surface area contributed by atoms with Crippen molar-refractivity contribution in [2.45, 2.75) is 87.7 Å². The molecule has 2 rings (SSSR count). The third-order valence-corrected chi connectivity index (χ3v) is 7.32. The van der Waals surface area contributed by atoms with Gasteiger partial charge in [-0.2, -0.15) is 0 Å². The molecule has 0 bridgehead atoms. The van der Waals surface area contributed by atoms with E-state index < -0.39 is 41.8 Å². The molecule has 3 amide bonds. The molecule has 0 saturated heterocycles. The fourth-order valence-electron chi connectivity index (χ4n) is 4.70. The maximum atomic E-state index is 13.9. The quantitative estimate of drug-likeness (QED) is 0.0538. The van der Waals surface area contributed by atoms with Gasteiger partial charge in [0.1, 0.15) is 0 Å². The molecular weight excluding hydrogens is 569 g/mol. The van der Waals surface area contributed by atoms with Crippen molar-refractivity contribution in [2.24, 2.45) is 34.4 Å². The van der Waals surface area contributed by atoms with Crippen LogP contribution >= 0.6 is 0 Å². The molecule has 13 heteroatoms. The molecule has 0 aliphatic carbocycles. The van der Waals surface area contributed by atoms with Gasteiger partial charge in [-0.15, -0.1) is 0 Å². The number of nitrogens with two attached hydrogens (primary N) is 6. The number of benzene rings is 2. The van der Waals surface area contributed by atoms with Gasteiger partial charge in [0.25, 0.3) is 5.91 Å². The van der Waals surface area contributed by atoms with E-state index in [1.807, 2.05) is 60.7 Å². The SMILES string of the molecule is NCCCCC(N)C(=O)NC(N)CCCC(N)(NC(=O)C(N)CCCCN)C(=O)NC(c1ccccc1)c1ccccc1.[Na]. The number of carbonyl (C=O) groups excluding carboxylic acids is 3. The van der Waals surface area contributed by atoms with Gasteiger partial charge in [0, 0.05) is 29.6 Å². The largest absolute Gasteiger partial charge is 0.342 e. The van der Waals surface area contributed by atoms with Crippen molar-refractivity contribution in [3.8, 4) is 0 Å². The zero-order chi connectivity index (χ0) is 31.7. The molecule has 1 radical (unpaired) electrons. The first-order valence-electron chi connectivity index (χ1n) is 15.1. The monoisotopic (exact) mass is 620 g/mol. The summed E-state index contributed by atoms with van der Waals surface area (Å²) in [6.07, 6.45) is 3.78. The van der Waals surface area contributed by atoms with E-state index in [0.29, 0.717) is 45.2 Å². The Labute approximate surface area is 283 Å². The van der Waals surface area contributed by atoms with Crippen molar-refractivity contribution in [1.29, 1.82) is 0 Å². The smallest absolute Gasteiger partial charge is 0.261 e. The van der Waals surface area contributed by atoms with Gasteiger partial charge in [0.2, 0.25) is 11.8 Å². The first-order chi connectivity index (χ1) is 20.6. The molecule has 0 saturated carbocycles. The number of nitrogens with one attached hydrogen (secondary N) is 3. The van der Waals surface area contributed by atoms with Gasteiger partial charge < -0.3 is 50.4 Å². The Bertz CT molecular complexity index is 1070. The van der Waals surface area contributed by atoms with Crippen molar-refractivity contribution in [3.05, 3.63) is 71.8 Å². The van der Waals surface area contributed by atoms with Crippen LogP contribution in [0.15, 0.2) is 60.7 Å². The molecule has 0 spiro atoms. The standard InChI is InChI=1S/C31H51N9O3.Na/c32-20-9-7-16-24(34)28(41)38-26(36)18-11-19-31(37,40-29(42)25(35)17-8-10-21-33)30(43)39-27(22-12-3-1-4-13-22)23-14-5-2-6-15-23;/h1-6,12-15,24-27H,7-11,16-21,32-37H2,(H,38,41)(H,39,43)(H,40,42);. The second-order valence-electron chi connectivity index (χ2n) is 11.0. The fraction of sp³-hybridized carbons (Fsp3) is 0.516. The zero-order valence-electron chi connectivity index (χ0n) is 26.0. The first kappa shape index (κ1) is 39.6. The van der Waals surface area contributed by atoms with Gasteiger partial charge in [-0.25, -0.2) is 0 Å². The Kier molecular flexibility index (Phi) is 19.2. The van der Waals surface area contributed by atoms with Gasteiger partial charge >= 0.3 is 0 Å². The topological polar surface area (TPSA) is 243 Å². The molecule has 4 unspecified atom stereocenters. The molecule has 4 atom stereocenters. The van der Waals surface area contributed by atoms with E-state index >= 15 is 0 Å². The molecular formula is C31H51N9NaO3. The van der Waals surface area contributed by atoms with Gasteiger partial charge in [0.15, 0.2) is 5.66 Å². The summed E-state index contributed by atoms with van der Waals surface area (Å²) < 4.78 is 0. The Balaban J connectivity index is 0.00000968. The zero-order valence-corrected chi connectivity index (χ0v) is 28.0. The van der Waals surface area contributed by atoms with Crippen molar-refractivity contribution in [2.75, 3.05) is 13.1 Å². The summed E-state index contributed by atoms with van der Waals surface area (Å²) in [6.45, 7) is 1.03. The Hall–Kier alpha value is -2.39. The summed E-state index contributed by atoms with van der Waals surface area (Å²) in [5.74, 6) is -1.47. The molecule has 44 heavy (non-hydrogen) atoms. The molecule has 2 aromatic rings. The average molecular weight is 621 g/mol. The van der Waals surface area contributed by atoms with Gasteiger partial charge in [0.05, 0.1) is 24.3 Å². The van der Waals surface area contributed by atoms with Gasteiger partial charge in [-0.1, -0.05) is 73.5 Å². The summed E-state index contributed by atoms with van der Waals surface area (Å²) in [5, 5.41) is 8.44. The molecule has 0 heterocycles. The van der Waals surface area contributed by atoms with Crippen molar-refractivity contribution < 1.29 is 14.4 Å². The first-order valence-corrected chi connectivity index (χ1v) is 15.1. The van der Waals surface area contributed by atoms with Gasteiger partial charge in [-0.3, -0.25) is 14.4 Å². The predicted octanol–water partition coefficient (Wildman–Crippen LogP) is -0.233. The molecule has 0 aliphatic rings. The average Bonchev–Trinajstić information content (AvgIpc) is 3.00. The predicted molar refractivity (Wildman–Crippen MR) is 175 cm³/mol. The number of hydrogen-bond acceptors (Lipinski definition) is 9. The second kappa shape index (κ2) is 21.4. The minimum absolute atomic E-state index is 0. The van der Waals surface area contributed by atoms with E-state index in [0.717, 1.165) is 30.4 Å². The van der Waals surface area contributed by atoms with Crippen LogP contribution in [0.1, 0.15) is 75.0 Å². The number of amides is 3. The van der Waals surface area contributed by atoms with Gasteiger partial charge in [-0.05, 0) is 69.2 Å². The third kappa shape index (κ3) is 13.7. The van der Waals surface area contributed by atoms with Crippen LogP contribution in [-0.2, 0) is 14.4 Å². The number of hydrogen-bond donors (Lipinski definition) is 9. The maximum Gasteiger partial charge on any atom is 0.261 e. The Morgan fingerprint density at radius 1 is 0.659 bits per heavy atom. The fourth-order valence-corrected chi connectivity index (χ4v) is 4.70. The molecule has 239 valence electrons. The van der Waals surface area contributed by atoms with E-state index in [1.165, 1.54) is 0 Å². The summed E-state index contributed by atoms with van der Waals surface area (Å²) in [4.78, 5) is 39.4. The second-order valence-corrected chi connectivity index (χ2v) is 11.0. The number of rotatable bonds is 20. The van der Waals surface area contributed by atoms with E-state index in [1.54, 1.807) is 0 Å². The van der Waals surface area contributed by atoms with Crippen molar-refractivity contribution in [3.63, 3.8) is 0 Å². The normalized spacial score (nSPS) is 14.4. The van der Waals surface area contributed by atoms with Crippen LogP contribution in [0.25, 0.3) is 0 Å². The molecule has 0 aliphatic heterocycles. The minimum Gasteiger partial charge on any atom is -0.342 e. The van der Waals surface area contributed by atoms with Crippen LogP contribution < -0.4 is 50.4 Å². The van der Waals surface area contributed by atoms with Crippen LogP contribution in [0.4, 0.5) is 0 Å². The maximum absolute atomic E-state index is 13.9. The van der Waals surface area contributed by atoms with Crippen molar-refractivity contribution >= 4 is 47.3 Å². The van der Waals surface area contributed by atoms with E-state index in [-0.39, 0.29) is 41.9 Å². The Morgan fingerprint density at radius 3 is 1.61 bits per heavy atom. The van der Waals surface area contributed by atoms with Crippen LogP contribution in [0.2, 0.25) is 0 Å². The summed E-state index contributed by atoms with van der Waals surface area (Å²) in [5.41, 5.74) is 35.9. The summed E-state index contributed by atoms with van der Waals surface area (Å²) in [7, 11) is 0. The molecule has 2 aromatic carbocycles. The van der Waals surface area contributed by atoms with Crippen LogP contribution in [0, 0.1) is 0 Å². The van der Waals surface area contributed by atoms with E-state index in [9.17, 15) is 14.4 Å².